The maximum atomic E-state index is 13.6. The molecule has 2 aliphatic rings. The third-order valence-corrected chi connectivity index (χ3v) is 7.29. The Balaban J connectivity index is 2.29. The summed E-state index contributed by atoms with van der Waals surface area (Å²) in [6.07, 6.45) is 2.69. The van der Waals surface area contributed by atoms with Gasteiger partial charge in [0, 0.05) is 12.5 Å². The number of rotatable bonds is 12. The Bertz CT molecular complexity index is 825. The van der Waals surface area contributed by atoms with Gasteiger partial charge in [0.05, 0.1) is 6.04 Å². The lowest BCUT2D eigenvalue weighted by Gasteiger charge is -2.33. The van der Waals surface area contributed by atoms with Crippen LogP contribution in [0.25, 0.3) is 0 Å². The Labute approximate surface area is 209 Å². The van der Waals surface area contributed by atoms with Gasteiger partial charge in [0.15, 0.2) is 0 Å². The number of likely N-dealkylation sites (tertiary alicyclic amines) is 1. The van der Waals surface area contributed by atoms with Gasteiger partial charge in [-0.25, -0.2) is 0 Å². The van der Waals surface area contributed by atoms with E-state index in [1.807, 2.05) is 13.8 Å². The normalized spacial score (nSPS) is 25.5. The van der Waals surface area contributed by atoms with Gasteiger partial charge in [0.1, 0.15) is 12.1 Å². The summed E-state index contributed by atoms with van der Waals surface area (Å²) in [6.45, 7) is 13.8. The molecule has 1 aliphatic heterocycles. The second-order valence-electron chi connectivity index (χ2n) is 11.5. The van der Waals surface area contributed by atoms with Gasteiger partial charge in [-0.1, -0.05) is 48.5 Å². The summed E-state index contributed by atoms with van der Waals surface area (Å²) < 4.78 is 0. The number of ketones is 1. The van der Waals surface area contributed by atoms with Crippen molar-refractivity contribution in [2.24, 2.45) is 41.2 Å². The number of carbonyl (C=O) groups excluding carboxylic acids is 5. The Morgan fingerprint density at radius 1 is 0.943 bits per heavy atom. The largest absolute Gasteiger partial charge is 0.363 e. The van der Waals surface area contributed by atoms with Gasteiger partial charge < -0.3 is 21.3 Å². The Kier molecular flexibility index (Phi) is 9.86. The van der Waals surface area contributed by atoms with Gasteiger partial charge in [-0.2, -0.15) is 0 Å². The van der Waals surface area contributed by atoms with Crippen molar-refractivity contribution in [2.45, 2.75) is 92.3 Å². The van der Waals surface area contributed by atoms with Crippen LogP contribution in [0.2, 0.25) is 0 Å². The molecule has 2 rings (SSSR count). The lowest BCUT2D eigenvalue weighted by molar-refractivity contribution is -0.144. The summed E-state index contributed by atoms with van der Waals surface area (Å²) >= 11 is 0. The summed E-state index contributed by atoms with van der Waals surface area (Å²) in [4.78, 5) is 65.3. The molecule has 0 radical (unpaired) electrons. The number of primary amides is 1. The van der Waals surface area contributed by atoms with Crippen LogP contribution in [0.3, 0.4) is 0 Å². The van der Waals surface area contributed by atoms with Crippen LogP contribution in [0.5, 0.6) is 0 Å². The molecule has 1 saturated heterocycles. The van der Waals surface area contributed by atoms with Crippen molar-refractivity contribution < 1.29 is 24.0 Å². The molecule has 2 fully saturated rings. The molecule has 1 unspecified atom stereocenters. The van der Waals surface area contributed by atoms with Gasteiger partial charge in [0.25, 0.3) is 5.91 Å². The minimum atomic E-state index is -1.07. The molecule has 0 spiro atoms. The fourth-order valence-electron chi connectivity index (χ4n) is 5.01. The van der Waals surface area contributed by atoms with Gasteiger partial charge >= 0.3 is 0 Å². The van der Waals surface area contributed by atoms with Gasteiger partial charge in [0.2, 0.25) is 23.5 Å². The van der Waals surface area contributed by atoms with Crippen LogP contribution in [-0.2, 0) is 24.0 Å². The summed E-state index contributed by atoms with van der Waals surface area (Å²) in [7, 11) is 0. The maximum absolute atomic E-state index is 13.6. The van der Waals surface area contributed by atoms with E-state index >= 15 is 0 Å². The third kappa shape index (κ3) is 7.51. The molecule has 198 valence electrons. The van der Waals surface area contributed by atoms with Crippen LogP contribution in [0.4, 0.5) is 0 Å². The van der Waals surface area contributed by atoms with Crippen molar-refractivity contribution in [3.05, 3.63) is 0 Å². The molecule has 9 heteroatoms. The lowest BCUT2D eigenvalue weighted by Crippen LogP contribution is -2.58. The van der Waals surface area contributed by atoms with Crippen molar-refractivity contribution in [1.82, 2.24) is 15.5 Å². The molecule has 0 aromatic carbocycles. The van der Waals surface area contributed by atoms with E-state index in [4.69, 9.17) is 5.73 Å². The number of hydrogen-bond acceptors (Lipinski definition) is 5. The summed E-state index contributed by atoms with van der Waals surface area (Å²) in [6, 6.07) is -2.52. The smallest absolute Gasteiger partial charge is 0.287 e. The first-order valence-electron chi connectivity index (χ1n) is 13.0. The molecule has 6 atom stereocenters. The van der Waals surface area contributed by atoms with Crippen LogP contribution in [0, 0.1) is 35.5 Å². The molecule has 1 heterocycles. The highest BCUT2D eigenvalue weighted by atomic mass is 16.2. The Hall–Kier alpha value is -2.45. The van der Waals surface area contributed by atoms with Crippen molar-refractivity contribution >= 4 is 29.4 Å². The zero-order valence-electron chi connectivity index (χ0n) is 22.3. The summed E-state index contributed by atoms with van der Waals surface area (Å²) in [5.74, 6) is -2.37. The molecule has 0 aromatic heterocycles. The van der Waals surface area contributed by atoms with Crippen molar-refractivity contribution in [1.29, 1.82) is 0 Å². The standard InChI is InChI=1S/C26H44N4O5/c1-13(2)10-17-8-9-30(26(35)20(14(3)4)29-24(33)15(5)6)21(17)25(34)28-19(22(31)23(27)32)12-18-11-16(18)7/h13-21H,8-12H2,1-7H3,(H2,27,32)(H,28,34)(H,29,33)/t16-,17+,18+,19?,20-,21-/m0/s1. The topological polar surface area (TPSA) is 139 Å². The zero-order chi connectivity index (χ0) is 26.6. The van der Waals surface area contributed by atoms with E-state index in [0.29, 0.717) is 31.2 Å². The van der Waals surface area contributed by atoms with Gasteiger partial charge in [-0.3, -0.25) is 24.0 Å². The van der Waals surface area contributed by atoms with E-state index in [0.717, 1.165) is 12.8 Å². The SMILES string of the molecule is CC(C)C[C@H]1CCN(C(=O)[C@@H](NC(=O)C(C)C)C(C)C)[C@@H]1C(=O)NC(C[C@H]1C[C@@H]1C)C(=O)C(N)=O. The molecule has 0 aromatic rings. The lowest BCUT2D eigenvalue weighted by atomic mass is 9.89. The van der Waals surface area contributed by atoms with Crippen molar-refractivity contribution in [3.8, 4) is 0 Å². The predicted molar refractivity (Wildman–Crippen MR) is 133 cm³/mol. The van der Waals surface area contributed by atoms with E-state index in [9.17, 15) is 24.0 Å². The minimum absolute atomic E-state index is 0.0864. The molecule has 1 saturated carbocycles. The fraction of sp³-hybridized carbons (Fsp3) is 0.808. The van der Waals surface area contributed by atoms with E-state index < -0.39 is 35.7 Å². The van der Waals surface area contributed by atoms with E-state index in [-0.39, 0.29) is 35.5 Å². The highest BCUT2D eigenvalue weighted by Crippen LogP contribution is 2.41. The molecule has 1 aliphatic carbocycles. The first kappa shape index (κ1) is 28.8. The molecule has 9 nitrogen and oxygen atoms in total. The fourth-order valence-corrected chi connectivity index (χ4v) is 5.01. The minimum Gasteiger partial charge on any atom is -0.363 e. The van der Waals surface area contributed by atoms with Crippen LogP contribution < -0.4 is 16.4 Å². The first-order chi connectivity index (χ1) is 16.2. The molecule has 0 bridgehead atoms. The van der Waals surface area contributed by atoms with E-state index in [2.05, 4.69) is 31.4 Å². The second-order valence-corrected chi connectivity index (χ2v) is 11.5. The van der Waals surface area contributed by atoms with Crippen LogP contribution in [-0.4, -0.2) is 59.0 Å². The number of nitrogens with two attached hydrogens (primary N) is 1. The van der Waals surface area contributed by atoms with E-state index in [1.165, 1.54) is 0 Å². The highest BCUT2D eigenvalue weighted by Gasteiger charge is 2.46. The van der Waals surface area contributed by atoms with Crippen molar-refractivity contribution in [2.75, 3.05) is 6.54 Å². The Morgan fingerprint density at radius 3 is 2.00 bits per heavy atom. The number of carbonyl (C=O) groups is 5. The zero-order valence-corrected chi connectivity index (χ0v) is 22.3. The maximum Gasteiger partial charge on any atom is 0.287 e. The van der Waals surface area contributed by atoms with E-state index in [1.54, 1.807) is 18.7 Å². The molecule has 4 amide bonds. The number of amides is 4. The van der Waals surface area contributed by atoms with Crippen LogP contribution in [0.15, 0.2) is 0 Å². The third-order valence-electron chi connectivity index (χ3n) is 7.29. The highest BCUT2D eigenvalue weighted by molar-refractivity contribution is 6.37. The van der Waals surface area contributed by atoms with Crippen LogP contribution in [0.1, 0.15) is 74.1 Å². The first-order valence-corrected chi connectivity index (χ1v) is 13.0. The molecule has 4 N–H and O–H groups in total. The molecular weight excluding hydrogens is 448 g/mol. The average Bonchev–Trinajstić information content (AvgIpc) is 3.28. The van der Waals surface area contributed by atoms with Crippen molar-refractivity contribution in [3.63, 3.8) is 0 Å². The Morgan fingerprint density at radius 2 is 1.54 bits per heavy atom. The number of nitrogens with one attached hydrogen (secondary N) is 2. The monoisotopic (exact) mass is 492 g/mol. The predicted octanol–water partition coefficient (Wildman–Crippen LogP) is 1.63. The average molecular weight is 493 g/mol. The molecular formula is C26H44N4O5. The summed E-state index contributed by atoms with van der Waals surface area (Å²) in [5, 5.41) is 5.62. The second kappa shape index (κ2) is 12.0. The number of Topliss-reactive ketones (excluding diaryl/α,β-unsaturated/α-hetero) is 1. The molecule has 35 heavy (non-hydrogen) atoms. The van der Waals surface area contributed by atoms with Gasteiger partial charge in [-0.15, -0.1) is 0 Å². The number of nitrogens with zero attached hydrogens (tertiary/aromatic N) is 1. The quantitative estimate of drug-likeness (QED) is 0.355. The van der Waals surface area contributed by atoms with Crippen LogP contribution >= 0.6 is 0 Å². The number of hydrogen-bond donors (Lipinski definition) is 3. The summed E-state index contributed by atoms with van der Waals surface area (Å²) in [5.41, 5.74) is 5.26. The van der Waals surface area contributed by atoms with Gasteiger partial charge in [-0.05, 0) is 55.3 Å².